The van der Waals surface area contributed by atoms with Crippen LogP contribution in [0.4, 0.5) is 18.9 Å². The van der Waals surface area contributed by atoms with Crippen LogP contribution >= 0.6 is 23.2 Å². The SMILES string of the molecule is CCN(CC(F)(F)F)c1cc(Cl)nnc1Cl. The van der Waals surface area contributed by atoms with E-state index in [9.17, 15) is 13.2 Å². The number of anilines is 1. The molecule has 0 aliphatic rings. The first-order chi connectivity index (χ1) is 7.33. The van der Waals surface area contributed by atoms with Crippen LogP contribution in [0.3, 0.4) is 0 Å². The molecule has 90 valence electrons. The lowest BCUT2D eigenvalue weighted by Gasteiger charge is -2.24. The minimum absolute atomic E-state index is 0.0000227. The summed E-state index contributed by atoms with van der Waals surface area (Å²) in [6.07, 6.45) is -4.31. The summed E-state index contributed by atoms with van der Waals surface area (Å²) in [5, 5.41) is 6.78. The fourth-order valence-electron chi connectivity index (χ4n) is 1.15. The second kappa shape index (κ2) is 5.05. The number of aromatic nitrogens is 2. The van der Waals surface area contributed by atoms with Gasteiger partial charge < -0.3 is 4.90 Å². The van der Waals surface area contributed by atoms with Crippen LogP contribution < -0.4 is 4.90 Å². The minimum atomic E-state index is -4.31. The van der Waals surface area contributed by atoms with Crippen molar-refractivity contribution in [3.8, 4) is 0 Å². The van der Waals surface area contributed by atoms with E-state index in [1.807, 2.05) is 0 Å². The smallest absolute Gasteiger partial charge is 0.360 e. The first-order valence-electron chi connectivity index (χ1n) is 4.34. The molecule has 0 fully saturated rings. The second-order valence-corrected chi connectivity index (χ2v) is 3.72. The standard InChI is InChI=1S/C8H8Cl2F3N3/c1-2-16(4-8(11,12)13)5-3-6(9)14-15-7(5)10/h3H,2,4H2,1H3. The zero-order valence-corrected chi connectivity index (χ0v) is 9.73. The van der Waals surface area contributed by atoms with Gasteiger partial charge in [-0.3, -0.25) is 0 Å². The van der Waals surface area contributed by atoms with E-state index in [4.69, 9.17) is 23.2 Å². The number of alkyl halides is 3. The van der Waals surface area contributed by atoms with E-state index in [1.54, 1.807) is 6.92 Å². The highest BCUT2D eigenvalue weighted by Crippen LogP contribution is 2.28. The lowest BCUT2D eigenvalue weighted by Crippen LogP contribution is -2.34. The largest absolute Gasteiger partial charge is 0.405 e. The van der Waals surface area contributed by atoms with Crippen molar-refractivity contribution in [1.29, 1.82) is 0 Å². The summed E-state index contributed by atoms with van der Waals surface area (Å²) in [5.41, 5.74) is 0.126. The summed E-state index contributed by atoms with van der Waals surface area (Å²) in [5.74, 6) is 0. The third kappa shape index (κ3) is 3.68. The van der Waals surface area contributed by atoms with Gasteiger partial charge in [-0.25, -0.2) is 0 Å². The maximum Gasteiger partial charge on any atom is 0.405 e. The molecule has 0 amide bonds. The summed E-state index contributed by atoms with van der Waals surface area (Å²) >= 11 is 11.2. The molecule has 0 aliphatic heterocycles. The third-order valence-corrected chi connectivity index (χ3v) is 2.25. The molecule has 16 heavy (non-hydrogen) atoms. The molecule has 0 saturated heterocycles. The molecule has 0 saturated carbocycles. The van der Waals surface area contributed by atoms with E-state index in [-0.39, 0.29) is 22.5 Å². The van der Waals surface area contributed by atoms with Crippen molar-refractivity contribution >= 4 is 28.9 Å². The van der Waals surface area contributed by atoms with Crippen molar-refractivity contribution in [1.82, 2.24) is 10.2 Å². The number of hydrogen-bond donors (Lipinski definition) is 0. The van der Waals surface area contributed by atoms with E-state index in [2.05, 4.69) is 10.2 Å². The Hall–Kier alpha value is -0.750. The molecule has 0 spiro atoms. The maximum atomic E-state index is 12.3. The van der Waals surface area contributed by atoms with Gasteiger partial charge >= 0.3 is 6.18 Å². The Morgan fingerprint density at radius 3 is 2.44 bits per heavy atom. The Bertz CT molecular complexity index is 370. The van der Waals surface area contributed by atoms with Crippen molar-refractivity contribution in [2.75, 3.05) is 18.0 Å². The van der Waals surface area contributed by atoms with Gasteiger partial charge in [0.1, 0.15) is 6.54 Å². The highest BCUT2D eigenvalue weighted by Gasteiger charge is 2.31. The van der Waals surface area contributed by atoms with Crippen molar-refractivity contribution in [2.45, 2.75) is 13.1 Å². The lowest BCUT2D eigenvalue weighted by molar-refractivity contribution is -0.119. The molecule has 0 aliphatic carbocycles. The van der Waals surface area contributed by atoms with Gasteiger partial charge in [-0.15, -0.1) is 10.2 Å². The highest BCUT2D eigenvalue weighted by atomic mass is 35.5. The number of halogens is 5. The number of nitrogens with zero attached hydrogens (tertiary/aromatic N) is 3. The molecule has 0 atom stereocenters. The van der Waals surface area contributed by atoms with E-state index >= 15 is 0 Å². The Labute approximate surface area is 100 Å². The van der Waals surface area contributed by atoms with Crippen LogP contribution in [0.25, 0.3) is 0 Å². The minimum Gasteiger partial charge on any atom is -0.360 e. The number of hydrogen-bond acceptors (Lipinski definition) is 3. The predicted octanol–water partition coefficient (Wildman–Crippen LogP) is 3.17. The van der Waals surface area contributed by atoms with Crippen LogP contribution in [-0.4, -0.2) is 29.5 Å². The molecule has 0 aromatic carbocycles. The van der Waals surface area contributed by atoms with Gasteiger partial charge in [-0.05, 0) is 6.92 Å². The van der Waals surface area contributed by atoms with Gasteiger partial charge in [0.05, 0.1) is 5.69 Å². The first-order valence-corrected chi connectivity index (χ1v) is 5.09. The van der Waals surface area contributed by atoms with Gasteiger partial charge in [0.25, 0.3) is 0 Å². The Morgan fingerprint density at radius 2 is 1.94 bits per heavy atom. The summed E-state index contributed by atoms with van der Waals surface area (Å²) < 4.78 is 36.8. The molecule has 1 rings (SSSR count). The zero-order valence-electron chi connectivity index (χ0n) is 8.22. The van der Waals surface area contributed by atoms with Gasteiger partial charge in [-0.2, -0.15) is 13.2 Å². The molecule has 8 heteroatoms. The topological polar surface area (TPSA) is 29.0 Å². The maximum absolute atomic E-state index is 12.3. The highest BCUT2D eigenvalue weighted by molar-refractivity contribution is 6.33. The van der Waals surface area contributed by atoms with Crippen LogP contribution in [0.1, 0.15) is 6.92 Å². The van der Waals surface area contributed by atoms with E-state index in [0.717, 1.165) is 4.90 Å². The summed E-state index contributed by atoms with van der Waals surface area (Å²) in [6.45, 7) is 0.614. The third-order valence-electron chi connectivity index (χ3n) is 1.79. The molecule has 1 aromatic heterocycles. The zero-order chi connectivity index (χ0) is 12.3. The second-order valence-electron chi connectivity index (χ2n) is 2.97. The molecule has 1 heterocycles. The average Bonchev–Trinajstić information content (AvgIpc) is 2.17. The molecule has 0 radical (unpaired) electrons. The van der Waals surface area contributed by atoms with Crippen LogP contribution in [0.15, 0.2) is 6.07 Å². The summed E-state index contributed by atoms with van der Waals surface area (Å²) in [7, 11) is 0. The molecule has 0 N–H and O–H groups in total. The molecular formula is C8H8Cl2F3N3. The van der Waals surface area contributed by atoms with Gasteiger partial charge in [0.15, 0.2) is 10.3 Å². The van der Waals surface area contributed by atoms with Gasteiger partial charge in [-0.1, -0.05) is 23.2 Å². The number of rotatable bonds is 3. The molecule has 1 aromatic rings. The lowest BCUT2D eigenvalue weighted by atomic mass is 10.3. The summed E-state index contributed by atoms with van der Waals surface area (Å²) in [6, 6.07) is 1.26. The quantitative estimate of drug-likeness (QED) is 0.847. The van der Waals surface area contributed by atoms with Gasteiger partial charge in [0, 0.05) is 12.6 Å². The Kier molecular flexibility index (Phi) is 4.21. The Balaban J connectivity index is 2.99. The summed E-state index contributed by atoms with van der Waals surface area (Å²) in [4.78, 5) is 1.03. The van der Waals surface area contributed by atoms with Crippen molar-refractivity contribution < 1.29 is 13.2 Å². The van der Waals surface area contributed by atoms with Crippen LogP contribution in [0.2, 0.25) is 10.3 Å². The van der Waals surface area contributed by atoms with E-state index < -0.39 is 12.7 Å². The predicted molar refractivity (Wildman–Crippen MR) is 56.0 cm³/mol. The van der Waals surface area contributed by atoms with Gasteiger partial charge in [0.2, 0.25) is 0 Å². The molecular weight excluding hydrogens is 266 g/mol. The first kappa shape index (κ1) is 13.3. The fourth-order valence-corrected chi connectivity index (χ4v) is 1.50. The van der Waals surface area contributed by atoms with E-state index in [1.165, 1.54) is 6.07 Å². The molecule has 3 nitrogen and oxygen atoms in total. The Morgan fingerprint density at radius 1 is 1.31 bits per heavy atom. The van der Waals surface area contributed by atoms with E-state index in [0.29, 0.717) is 0 Å². The van der Waals surface area contributed by atoms with Crippen LogP contribution in [0.5, 0.6) is 0 Å². The van der Waals surface area contributed by atoms with Crippen LogP contribution in [-0.2, 0) is 0 Å². The van der Waals surface area contributed by atoms with Crippen molar-refractivity contribution in [3.05, 3.63) is 16.4 Å². The van der Waals surface area contributed by atoms with Crippen molar-refractivity contribution in [3.63, 3.8) is 0 Å². The monoisotopic (exact) mass is 273 g/mol. The van der Waals surface area contributed by atoms with Crippen molar-refractivity contribution in [2.24, 2.45) is 0 Å². The average molecular weight is 274 g/mol. The van der Waals surface area contributed by atoms with Crippen LogP contribution in [0, 0.1) is 0 Å². The molecule has 0 bridgehead atoms. The molecule has 0 unspecified atom stereocenters. The normalized spacial score (nSPS) is 11.6. The fraction of sp³-hybridized carbons (Fsp3) is 0.500.